The molecule has 0 saturated heterocycles. The lowest BCUT2D eigenvalue weighted by Crippen LogP contribution is -2.18. The molecule has 15 heavy (non-hydrogen) atoms. The smallest absolute Gasteiger partial charge is 0.308 e. The topological polar surface area (TPSA) is 29.5 Å². The van der Waals surface area contributed by atoms with Gasteiger partial charge in [0.1, 0.15) is 5.75 Å². The van der Waals surface area contributed by atoms with Gasteiger partial charge in [-0.05, 0) is 23.8 Å². The Kier molecular flexibility index (Phi) is 2.44. The Hall–Kier alpha value is -1.42. The number of anilines is 1. The van der Waals surface area contributed by atoms with E-state index in [1.54, 1.807) is 6.07 Å². The number of carbonyl (C=O) groups is 1. The Morgan fingerprint density at radius 2 is 2.27 bits per heavy atom. The van der Waals surface area contributed by atoms with Crippen molar-refractivity contribution in [3.8, 4) is 5.75 Å². The molecule has 3 nitrogen and oxygen atoms in total. The quantitative estimate of drug-likeness (QED) is 0.412. The third kappa shape index (κ3) is 1.85. The third-order valence-corrected chi connectivity index (χ3v) is 2.81. The predicted octanol–water partition coefficient (Wildman–Crippen LogP) is 1.93. The van der Waals surface area contributed by atoms with Gasteiger partial charge in [0.15, 0.2) is 0 Å². The molecule has 1 aromatic carbocycles. The van der Waals surface area contributed by atoms with Crippen LogP contribution in [0.5, 0.6) is 5.75 Å². The van der Waals surface area contributed by atoms with Crippen LogP contribution in [0.2, 0.25) is 0 Å². The van der Waals surface area contributed by atoms with Crippen LogP contribution in [0.1, 0.15) is 12.5 Å². The minimum atomic E-state index is -0.302. The van der Waals surface area contributed by atoms with Crippen LogP contribution in [0.4, 0.5) is 5.69 Å². The number of fused-ring (bicyclic) bond motifs is 1. The molecule has 0 atom stereocenters. The molecule has 0 saturated carbocycles. The molecule has 0 unspecified atom stereocenters. The van der Waals surface area contributed by atoms with E-state index in [9.17, 15) is 4.79 Å². The fourth-order valence-electron chi connectivity index (χ4n) is 1.68. The number of hydrogen-bond donors (Lipinski definition) is 0. The lowest BCUT2D eigenvalue weighted by molar-refractivity contribution is -0.131. The van der Waals surface area contributed by atoms with Crippen LogP contribution in [0.3, 0.4) is 0 Å². The van der Waals surface area contributed by atoms with Crippen molar-refractivity contribution in [3.63, 3.8) is 0 Å². The fourth-order valence-corrected chi connectivity index (χ4v) is 1.93. The van der Waals surface area contributed by atoms with E-state index in [0.717, 1.165) is 22.7 Å². The molecule has 0 radical (unpaired) electrons. The van der Waals surface area contributed by atoms with Gasteiger partial charge in [-0.25, -0.2) is 0 Å². The summed E-state index contributed by atoms with van der Waals surface area (Å²) in [5.41, 5.74) is 2.21. The lowest BCUT2D eigenvalue weighted by Gasteiger charge is -2.12. The van der Waals surface area contributed by atoms with E-state index in [1.165, 1.54) is 6.92 Å². The summed E-state index contributed by atoms with van der Waals surface area (Å²) in [6.45, 7) is 1.39. The van der Waals surface area contributed by atoms with Crippen LogP contribution in [-0.4, -0.2) is 18.0 Å². The van der Waals surface area contributed by atoms with Crippen molar-refractivity contribution >= 4 is 28.9 Å². The van der Waals surface area contributed by atoms with Crippen LogP contribution < -0.4 is 9.64 Å². The summed E-state index contributed by atoms with van der Waals surface area (Å²) in [4.78, 5) is 13.7. The molecule has 0 N–H and O–H groups in total. The number of rotatable bonds is 1. The van der Waals surface area contributed by atoms with E-state index in [0.29, 0.717) is 5.75 Å². The van der Waals surface area contributed by atoms with Gasteiger partial charge in [-0.1, -0.05) is 12.2 Å². The van der Waals surface area contributed by atoms with Gasteiger partial charge < -0.3 is 9.64 Å². The zero-order chi connectivity index (χ0) is 11.0. The van der Waals surface area contributed by atoms with E-state index in [2.05, 4.69) is 0 Å². The molecule has 0 aromatic heterocycles. The van der Waals surface area contributed by atoms with Crippen molar-refractivity contribution in [2.75, 3.05) is 11.9 Å². The molecule has 1 aliphatic heterocycles. The number of ether oxygens (including phenoxy) is 1. The minimum absolute atomic E-state index is 0.302. The van der Waals surface area contributed by atoms with Gasteiger partial charge in [-0.2, -0.15) is 0 Å². The number of likely N-dealkylation sites (N-methyl/N-ethyl adjacent to an activating group) is 1. The van der Waals surface area contributed by atoms with Crippen molar-refractivity contribution in [1.29, 1.82) is 0 Å². The first-order valence-corrected chi connectivity index (χ1v) is 5.06. The molecular weight excluding hydrogens is 210 g/mol. The first-order chi connectivity index (χ1) is 7.08. The molecule has 0 bridgehead atoms. The van der Waals surface area contributed by atoms with Gasteiger partial charge in [-0.15, -0.1) is 0 Å². The van der Waals surface area contributed by atoms with Gasteiger partial charge in [0, 0.05) is 26.1 Å². The minimum Gasteiger partial charge on any atom is -0.427 e. The van der Waals surface area contributed by atoms with Gasteiger partial charge >= 0.3 is 5.97 Å². The van der Waals surface area contributed by atoms with E-state index < -0.39 is 0 Å². The Morgan fingerprint density at radius 1 is 1.53 bits per heavy atom. The zero-order valence-electron chi connectivity index (χ0n) is 8.61. The molecule has 1 aromatic rings. The number of benzene rings is 1. The van der Waals surface area contributed by atoms with Crippen LogP contribution in [-0.2, 0) is 11.2 Å². The fraction of sp³-hybridized carbons (Fsp3) is 0.273. The summed E-state index contributed by atoms with van der Waals surface area (Å²) in [5, 5.41) is 0. The summed E-state index contributed by atoms with van der Waals surface area (Å²) >= 11 is 5.20. The van der Waals surface area contributed by atoms with E-state index >= 15 is 0 Å². The Morgan fingerprint density at radius 3 is 2.93 bits per heavy atom. The zero-order valence-corrected chi connectivity index (χ0v) is 9.43. The molecule has 0 fully saturated rings. The van der Waals surface area contributed by atoms with E-state index in [-0.39, 0.29) is 5.97 Å². The second-order valence-corrected chi connectivity index (χ2v) is 3.98. The summed E-state index contributed by atoms with van der Waals surface area (Å²) in [7, 11) is 1.94. The molecule has 1 heterocycles. The van der Waals surface area contributed by atoms with E-state index in [1.807, 2.05) is 24.1 Å². The molecular formula is C11H11NO2S. The molecule has 0 spiro atoms. The van der Waals surface area contributed by atoms with Crippen molar-refractivity contribution in [2.24, 2.45) is 0 Å². The first kappa shape index (κ1) is 10.1. The van der Waals surface area contributed by atoms with Gasteiger partial charge in [0.2, 0.25) is 0 Å². The number of hydrogen-bond acceptors (Lipinski definition) is 3. The maximum Gasteiger partial charge on any atom is 0.308 e. The highest BCUT2D eigenvalue weighted by atomic mass is 32.1. The monoisotopic (exact) mass is 221 g/mol. The van der Waals surface area contributed by atoms with Gasteiger partial charge in [0.05, 0.1) is 4.99 Å². The molecule has 0 aliphatic carbocycles. The van der Waals surface area contributed by atoms with Gasteiger partial charge in [0.25, 0.3) is 0 Å². The second kappa shape index (κ2) is 3.62. The van der Waals surface area contributed by atoms with Crippen LogP contribution in [0, 0.1) is 0 Å². The normalized spacial score (nSPS) is 14.0. The van der Waals surface area contributed by atoms with Crippen molar-refractivity contribution in [2.45, 2.75) is 13.3 Å². The molecule has 2 rings (SSSR count). The van der Waals surface area contributed by atoms with E-state index in [4.69, 9.17) is 17.0 Å². The maximum atomic E-state index is 10.8. The summed E-state index contributed by atoms with van der Waals surface area (Å²) < 4.78 is 5.01. The van der Waals surface area contributed by atoms with Crippen molar-refractivity contribution in [1.82, 2.24) is 0 Å². The molecule has 0 amide bonds. The average molecular weight is 221 g/mol. The molecule has 78 valence electrons. The number of carbonyl (C=O) groups excluding carboxylic acids is 1. The maximum absolute atomic E-state index is 10.8. The highest BCUT2D eigenvalue weighted by Crippen LogP contribution is 2.31. The van der Waals surface area contributed by atoms with Crippen LogP contribution in [0.25, 0.3) is 0 Å². The molecule has 4 heteroatoms. The lowest BCUT2D eigenvalue weighted by atomic mass is 10.1. The largest absolute Gasteiger partial charge is 0.427 e. The number of esters is 1. The highest BCUT2D eigenvalue weighted by Gasteiger charge is 2.21. The summed E-state index contributed by atoms with van der Waals surface area (Å²) in [5.74, 6) is 0.281. The molecule has 1 aliphatic rings. The SMILES string of the molecule is CC(=O)Oc1ccc2c(c1)CC(=S)N2C. The summed E-state index contributed by atoms with van der Waals surface area (Å²) in [6.07, 6.45) is 0.746. The number of thiocarbonyl (C=S) groups is 1. The standard InChI is InChI=1S/C11H11NO2S/c1-7(13)14-9-3-4-10-8(5-9)6-11(15)12(10)2/h3-5H,6H2,1-2H3. The van der Waals surface area contributed by atoms with Crippen molar-refractivity contribution in [3.05, 3.63) is 23.8 Å². The average Bonchev–Trinajstić information content (AvgIpc) is 2.41. The Balaban J connectivity index is 2.33. The highest BCUT2D eigenvalue weighted by molar-refractivity contribution is 7.80. The predicted molar refractivity (Wildman–Crippen MR) is 62.5 cm³/mol. The second-order valence-electron chi connectivity index (χ2n) is 3.51. The van der Waals surface area contributed by atoms with Crippen LogP contribution in [0.15, 0.2) is 18.2 Å². The number of nitrogens with zero attached hydrogens (tertiary/aromatic N) is 1. The van der Waals surface area contributed by atoms with Crippen LogP contribution >= 0.6 is 12.2 Å². The first-order valence-electron chi connectivity index (χ1n) is 4.66. The Bertz CT molecular complexity index is 442. The van der Waals surface area contributed by atoms with Gasteiger partial charge in [-0.3, -0.25) is 4.79 Å². The summed E-state index contributed by atoms with van der Waals surface area (Å²) in [6, 6.07) is 5.57. The van der Waals surface area contributed by atoms with Crippen molar-refractivity contribution < 1.29 is 9.53 Å². The third-order valence-electron chi connectivity index (χ3n) is 2.39. The Labute approximate surface area is 93.6 Å².